The van der Waals surface area contributed by atoms with Gasteiger partial charge in [-0.25, -0.2) is 4.98 Å². The lowest BCUT2D eigenvalue weighted by Gasteiger charge is -2.18. The van der Waals surface area contributed by atoms with E-state index in [0.717, 1.165) is 17.8 Å². The summed E-state index contributed by atoms with van der Waals surface area (Å²) in [7, 11) is 0. The largest absolute Gasteiger partial charge is 0.354 e. The van der Waals surface area contributed by atoms with Crippen LogP contribution in [0.2, 0.25) is 5.02 Å². The number of rotatable bonds is 6. The smallest absolute Gasteiger partial charge is 0.226 e. The summed E-state index contributed by atoms with van der Waals surface area (Å²) in [5, 5.41) is 6.15. The second-order valence-corrected chi connectivity index (χ2v) is 6.97. The predicted molar refractivity (Wildman–Crippen MR) is 98.7 cm³/mol. The number of nitrogens with zero attached hydrogens (tertiary/aromatic N) is 2. The third-order valence-corrected chi connectivity index (χ3v) is 4.86. The molecule has 0 fully saturated rings. The van der Waals surface area contributed by atoms with Crippen LogP contribution in [-0.2, 0) is 11.3 Å². The molecule has 0 bridgehead atoms. The van der Waals surface area contributed by atoms with Crippen molar-refractivity contribution in [2.75, 3.05) is 5.32 Å². The van der Waals surface area contributed by atoms with Crippen molar-refractivity contribution < 1.29 is 4.79 Å². The van der Waals surface area contributed by atoms with Crippen molar-refractivity contribution in [3.8, 4) is 0 Å². The highest BCUT2D eigenvalue weighted by atomic mass is 35.5. The number of hydrogen-bond donors (Lipinski definition) is 1. The van der Waals surface area contributed by atoms with Gasteiger partial charge in [0.15, 0.2) is 5.13 Å². The Morgan fingerprint density at radius 2 is 2.00 bits per heavy atom. The summed E-state index contributed by atoms with van der Waals surface area (Å²) in [5.41, 5.74) is 2.01. The Kier molecular flexibility index (Phi) is 5.33. The third-order valence-electron chi connectivity index (χ3n) is 3.74. The SMILES string of the molecule is Cc1csc(NC(=O)CC(Cn2cccc2)c2ccc(Cl)cc2)n1. The summed E-state index contributed by atoms with van der Waals surface area (Å²) < 4.78 is 2.08. The van der Waals surface area contributed by atoms with E-state index in [1.54, 1.807) is 0 Å². The number of amides is 1. The number of thiazole rings is 1. The number of aromatic nitrogens is 2. The van der Waals surface area contributed by atoms with E-state index in [9.17, 15) is 4.79 Å². The van der Waals surface area contributed by atoms with E-state index >= 15 is 0 Å². The number of halogens is 1. The molecule has 1 N–H and O–H groups in total. The Morgan fingerprint density at radius 1 is 1.29 bits per heavy atom. The van der Waals surface area contributed by atoms with Gasteiger partial charge in [-0.2, -0.15) is 0 Å². The van der Waals surface area contributed by atoms with Crippen LogP contribution in [0.15, 0.2) is 54.2 Å². The van der Waals surface area contributed by atoms with Gasteiger partial charge >= 0.3 is 0 Å². The number of carbonyl (C=O) groups excluding carboxylic acids is 1. The zero-order chi connectivity index (χ0) is 16.9. The summed E-state index contributed by atoms with van der Waals surface area (Å²) in [6.07, 6.45) is 4.40. The molecule has 1 amide bonds. The number of carbonyl (C=O) groups is 1. The Balaban J connectivity index is 1.73. The van der Waals surface area contributed by atoms with Crippen molar-refractivity contribution in [3.05, 3.63) is 70.5 Å². The van der Waals surface area contributed by atoms with E-state index in [0.29, 0.717) is 16.6 Å². The van der Waals surface area contributed by atoms with Gasteiger partial charge in [-0.15, -0.1) is 11.3 Å². The van der Waals surface area contributed by atoms with Gasteiger partial charge in [0, 0.05) is 41.7 Å². The molecule has 0 aliphatic heterocycles. The summed E-state index contributed by atoms with van der Waals surface area (Å²) in [5.74, 6) is 0.0344. The molecule has 4 nitrogen and oxygen atoms in total. The first kappa shape index (κ1) is 16.7. The molecule has 0 saturated heterocycles. The van der Waals surface area contributed by atoms with Crippen molar-refractivity contribution in [2.24, 2.45) is 0 Å². The summed E-state index contributed by atoms with van der Waals surface area (Å²) in [6, 6.07) is 11.7. The van der Waals surface area contributed by atoms with Crippen molar-refractivity contribution in [3.63, 3.8) is 0 Å². The molecule has 124 valence electrons. The lowest BCUT2D eigenvalue weighted by atomic mass is 9.95. The van der Waals surface area contributed by atoms with E-state index in [1.165, 1.54) is 11.3 Å². The average molecular weight is 360 g/mol. The zero-order valence-corrected chi connectivity index (χ0v) is 14.8. The Bertz CT molecular complexity index is 796. The molecule has 3 aromatic rings. The van der Waals surface area contributed by atoms with E-state index in [2.05, 4.69) is 14.9 Å². The van der Waals surface area contributed by atoms with E-state index < -0.39 is 0 Å². The number of benzene rings is 1. The second-order valence-electron chi connectivity index (χ2n) is 5.67. The first-order valence-electron chi connectivity index (χ1n) is 7.68. The maximum Gasteiger partial charge on any atom is 0.226 e. The highest BCUT2D eigenvalue weighted by Crippen LogP contribution is 2.25. The van der Waals surface area contributed by atoms with Crippen LogP contribution in [0.3, 0.4) is 0 Å². The normalized spacial score (nSPS) is 12.1. The van der Waals surface area contributed by atoms with Gasteiger partial charge in [-0.3, -0.25) is 4.79 Å². The molecule has 1 aromatic carbocycles. The fourth-order valence-corrected chi connectivity index (χ4v) is 3.40. The first-order chi connectivity index (χ1) is 11.6. The second kappa shape index (κ2) is 7.64. The summed E-state index contributed by atoms with van der Waals surface area (Å²) >= 11 is 7.43. The average Bonchev–Trinajstić information content (AvgIpc) is 3.19. The Morgan fingerprint density at radius 3 is 2.62 bits per heavy atom. The lowest BCUT2D eigenvalue weighted by molar-refractivity contribution is -0.116. The summed E-state index contributed by atoms with van der Waals surface area (Å²) in [6.45, 7) is 2.65. The molecular weight excluding hydrogens is 342 g/mol. The lowest BCUT2D eigenvalue weighted by Crippen LogP contribution is -2.18. The molecule has 0 radical (unpaired) electrons. The van der Waals surface area contributed by atoms with Crippen LogP contribution in [0.4, 0.5) is 5.13 Å². The van der Waals surface area contributed by atoms with Gasteiger partial charge in [-0.05, 0) is 36.8 Å². The molecule has 0 aliphatic carbocycles. The van der Waals surface area contributed by atoms with Crippen molar-refractivity contribution in [1.29, 1.82) is 0 Å². The van der Waals surface area contributed by atoms with Crippen molar-refractivity contribution in [2.45, 2.75) is 25.8 Å². The molecule has 1 unspecified atom stereocenters. The van der Waals surface area contributed by atoms with Gasteiger partial charge in [0.1, 0.15) is 0 Å². The molecule has 24 heavy (non-hydrogen) atoms. The molecule has 0 aliphatic rings. The molecule has 6 heteroatoms. The predicted octanol–water partition coefficient (Wildman–Crippen LogP) is 4.72. The van der Waals surface area contributed by atoms with Gasteiger partial charge in [0.25, 0.3) is 0 Å². The molecule has 0 saturated carbocycles. The molecule has 2 aromatic heterocycles. The van der Waals surface area contributed by atoms with Crippen LogP contribution >= 0.6 is 22.9 Å². The number of aryl methyl sites for hydroxylation is 1. The van der Waals surface area contributed by atoms with E-state index in [-0.39, 0.29) is 11.8 Å². The third kappa shape index (κ3) is 4.46. The Labute approximate surface area is 150 Å². The molecule has 1 atom stereocenters. The van der Waals surface area contributed by atoms with Gasteiger partial charge in [0.2, 0.25) is 5.91 Å². The quantitative estimate of drug-likeness (QED) is 0.692. The molecule has 0 spiro atoms. The van der Waals surface area contributed by atoms with Crippen LogP contribution in [0.25, 0.3) is 0 Å². The summed E-state index contributed by atoms with van der Waals surface area (Å²) in [4.78, 5) is 16.7. The minimum Gasteiger partial charge on any atom is -0.354 e. The van der Waals surface area contributed by atoms with Crippen LogP contribution in [0, 0.1) is 6.92 Å². The highest BCUT2D eigenvalue weighted by Gasteiger charge is 2.17. The van der Waals surface area contributed by atoms with Crippen LogP contribution < -0.4 is 5.32 Å². The van der Waals surface area contributed by atoms with Crippen molar-refractivity contribution in [1.82, 2.24) is 9.55 Å². The van der Waals surface area contributed by atoms with Gasteiger partial charge in [0.05, 0.1) is 5.69 Å². The molecule has 3 rings (SSSR count). The van der Waals surface area contributed by atoms with Crippen LogP contribution in [-0.4, -0.2) is 15.5 Å². The van der Waals surface area contributed by atoms with Gasteiger partial charge in [-0.1, -0.05) is 23.7 Å². The zero-order valence-electron chi connectivity index (χ0n) is 13.3. The Hall–Kier alpha value is -2.11. The molecular formula is C18H18ClN3OS. The molecule has 2 heterocycles. The highest BCUT2D eigenvalue weighted by molar-refractivity contribution is 7.13. The van der Waals surface area contributed by atoms with Crippen LogP contribution in [0.1, 0.15) is 23.6 Å². The minimum absolute atomic E-state index is 0.0311. The van der Waals surface area contributed by atoms with Gasteiger partial charge < -0.3 is 9.88 Å². The first-order valence-corrected chi connectivity index (χ1v) is 8.94. The fourth-order valence-electron chi connectivity index (χ4n) is 2.57. The standard InChI is InChI=1S/C18H18ClN3OS/c1-13-12-24-18(20-13)21-17(23)10-15(11-22-8-2-3-9-22)14-4-6-16(19)7-5-14/h2-9,12,15H,10-11H2,1H3,(H,20,21,23). The van der Waals surface area contributed by atoms with E-state index in [1.807, 2.05) is 61.1 Å². The maximum absolute atomic E-state index is 12.4. The fraction of sp³-hybridized carbons (Fsp3) is 0.222. The van der Waals surface area contributed by atoms with Crippen LogP contribution in [0.5, 0.6) is 0 Å². The number of nitrogens with one attached hydrogen (secondary N) is 1. The monoisotopic (exact) mass is 359 g/mol. The minimum atomic E-state index is -0.0311. The van der Waals surface area contributed by atoms with E-state index in [4.69, 9.17) is 11.6 Å². The maximum atomic E-state index is 12.4. The number of anilines is 1. The topological polar surface area (TPSA) is 46.9 Å². The number of hydrogen-bond acceptors (Lipinski definition) is 3. The van der Waals surface area contributed by atoms with Crippen molar-refractivity contribution >= 4 is 34.0 Å².